The number of carbonyl (C=O) groups is 1. The Kier molecular flexibility index (Phi) is 7.52. The van der Waals surface area contributed by atoms with Crippen LogP contribution in [0, 0.1) is 5.92 Å². The predicted octanol–water partition coefficient (Wildman–Crippen LogP) is 2.75. The van der Waals surface area contributed by atoms with Gasteiger partial charge in [-0.15, -0.1) is 11.3 Å². The van der Waals surface area contributed by atoms with Crippen molar-refractivity contribution < 1.29 is 30.9 Å². The van der Waals surface area contributed by atoms with E-state index in [0.717, 1.165) is 80.6 Å². The van der Waals surface area contributed by atoms with Crippen LogP contribution in [0.25, 0.3) is 11.5 Å². The minimum Gasteiger partial charge on any atom is -1.00 e. The number of halogens is 1. The van der Waals surface area contributed by atoms with Crippen molar-refractivity contribution in [1.29, 1.82) is 0 Å². The van der Waals surface area contributed by atoms with Crippen molar-refractivity contribution in [2.75, 3.05) is 19.6 Å². The molecule has 0 radical (unpaired) electrons. The van der Waals surface area contributed by atoms with Crippen LogP contribution >= 0.6 is 11.3 Å². The second-order valence-corrected chi connectivity index (χ2v) is 11.7. The van der Waals surface area contributed by atoms with Crippen LogP contribution in [-0.4, -0.2) is 46.3 Å². The van der Waals surface area contributed by atoms with Crippen molar-refractivity contribution in [2.24, 2.45) is 5.92 Å². The molecule has 192 valence electrons. The second kappa shape index (κ2) is 10.6. The van der Waals surface area contributed by atoms with Crippen molar-refractivity contribution in [3.8, 4) is 11.5 Å². The maximum Gasteiger partial charge on any atom is 0.317 e. The first kappa shape index (κ1) is 25.4. The lowest BCUT2D eigenvalue weighted by Crippen LogP contribution is -3.00. The molecule has 1 aromatic carbocycles. The Morgan fingerprint density at radius 3 is 2.50 bits per heavy atom. The van der Waals surface area contributed by atoms with E-state index in [1.807, 2.05) is 30.3 Å². The highest BCUT2D eigenvalue weighted by Gasteiger charge is 2.51. The molecule has 2 aromatic heterocycles. The zero-order valence-electron chi connectivity index (χ0n) is 20.6. The first-order valence-electron chi connectivity index (χ1n) is 13.1. The van der Waals surface area contributed by atoms with Gasteiger partial charge in [0.2, 0.25) is 5.82 Å². The average Bonchev–Trinajstić information content (AvgIpc) is 3.53. The van der Waals surface area contributed by atoms with E-state index in [0.29, 0.717) is 11.8 Å². The first-order valence-corrected chi connectivity index (χ1v) is 14.0. The monoisotopic (exact) mass is 527 g/mol. The number of benzene rings is 1. The lowest BCUT2D eigenvalue weighted by Gasteiger charge is -2.51. The molecule has 8 heteroatoms. The summed E-state index contributed by atoms with van der Waals surface area (Å²) in [6.45, 7) is 3.76. The van der Waals surface area contributed by atoms with Crippen molar-refractivity contribution in [3.63, 3.8) is 0 Å². The fourth-order valence-corrected chi connectivity index (χ4v) is 7.55. The SMILES string of the molecule is O=C(O[C@H]1C[N+]2(Cc3noc(-c4ccccc4)n3)CCC1CC2)C1(c2cccs2)CCCCCC1.[Cl-]. The molecule has 0 amide bonds. The Morgan fingerprint density at radius 1 is 1.06 bits per heavy atom. The Labute approximate surface area is 223 Å². The zero-order valence-corrected chi connectivity index (χ0v) is 22.2. The van der Waals surface area contributed by atoms with Crippen LogP contribution in [0.1, 0.15) is 62.1 Å². The molecule has 4 fully saturated rings. The van der Waals surface area contributed by atoms with Crippen LogP contribution < -0.4 is 12.4 Å². The van der Waals surface area contributed by atoms with Crippen LogP contribution in [0.15, 0.2) is 52.4 Å². The van der Waals surface area contributed by atoms with Crippen LogP contribution in [0.5, 0.6) is 0 Å². The molecular formula is C28H34ClN3O3S. The smallest absolute Gasteiger partial charge is 0.317 e. The molecule has 0 unspecified atom stereocenters. The summed E-state index contributed by atoms with van der Waals surface area (Å²) in [6.07, 6.45) is 8.60. The quantitative estimate of drug-likeness (QED) is 0.280. The second-order valence-electron chi connectivity index (χ2n) is 10.8. The van der Waals surface area contributed by atoms with Crippen LogP contribution in [0.2, 0.25) is 0 Å². The average molecular weight is 528 g/mol. The Bertz CT molecular complexity index is 1130. The van der Waals surface area contributed by atoms with Crippen LogP contribution in [-0.2, 0) is 21.5 Å². The van der Waals surface area contributed by atoms with Gasteiger partial charge >= 0.3 is 5.97 Å². The topological polar surface area (TPSA) is 65.2 Å². The summed E-state index contributed by atoms with van der Waals surface area (Å²) in [5, 5.41) is 6.40. The molecular weight excluding hydrogens is 494 g/mol. The Balaban J connectivity index is 0.00000267. The predicted molar refractivity (Wildman–Crippen MR) is 135 cm³/mol. The van der Waals surface area contributed by atoms with Crippen molar-refractivity contribution in [1.82, 2.24) is 10.1 Å². The zero-order chi connectivity index (χ0) is 23.7. The fourth-order valence-electron chi connectivity index (χ4n) is 6.58. The van der Waals surface area contributed by atoms with Crippen molar-refractivity contribution in [3.05, 3.63) is 58.5 Å². The summed E-state index contributed by atoms with van der Waals surface area (Å²) in [4.78, 5) is 19.8. The Hall–Kier alpha value is -2.22. The van der Waals surface area contributed by atoms with E-state index in [2.05, 4.69) is 22.7 Å². The van der Waals surface area contributed by atoms with E-state index in [1.165, 1.54) is 17.7 Å². The summed E-state index contributed by atoms with van der Waals surface area (Å²) in [6, 6.07) is 14.1. The lowest BCUT2D eigenvalue weighted by molar-refractivity contribution is -0.958. The number of hydrogen-bond acceptors (Lipinski definition) is 6. The third-order valence-corrected chi connectivity index (χ3v) is 9.68. The van der Waals surface area contributed by atoms with Gasteiger partial charge in [-0.1, -0.05) is 55.1 Å². The standard InChI is InChI=1S/C28H34N3O3S.ClH/c32-27(28(24-11-8-18-35-24)14-6-1-2-7-15-28)33-23-19-31(16-12-21(23)13-17-31)20-25-29-26(34-30-25)22-9-4-3-5-10-22;/h3-5,8-11,18,21,23H,1-2,6-7,12-17,19-20H2;1H/q+1;/p-1/t21?,23-,31?;/m0./s1. The van der Waals surface area contributed by atoms with E-state index >= 15 is 0 Å². The molecule has 0 N–H and O–H groups in total. The number of hydrogen-bond donors (Lipinski definition) is 0. The number of rotatable bonds is 6. The van der Waals surface area contributed by atoms with Crippen LogP contribution in [0.4, 0.5) is 0 Å². The highest BCUT2D eigenvalue weighted by atomic mass is 35.5. The van der Waals surface area contributed by atoms with E-state index < -0.39 is 5.41 Å². The molecule has 1 saturated carbocycles. The van der Waals surface area contributed by atoms with E-state index in [1.54, 1.807) is 11.3 Å². The van der Waals surface area contributed by atoms with Crippen molar-refractivity contribution >= 4 is 17.3 Å². The van der Waals surface area contributed by atoms with Crippen LogP contribution in [0.3, 0.4) is 0 Å². The molecule has 3 aliphatic heterocycles. The number of esters is 1. The van der Waals surface area contributed by atoms with E-state index in [4.69, 9.17) is 14.2 Å². The highest BCUT2D eigenvalue weighted by molar-refractivity contribution is 7.10. The van der Waals surface area contributed by atoms with Gasteiger partial charge in [-0.2, -0.15) is 4.98 Å². The van der Waals surface area contributed by atoms with Crippen molar-refractivity contribution in [2.45, 2.75) is 69.4 Å². The van der Waals surface area contributed by atoms with Gasteiger partial charge in [0, 0.05) is 29.2 Å². The number of carbonyl (C=O) groups excluding carboxylic acids is 1. The summed E-state index contributed by atoms with van der Waals surface area (Å²) in [5.41, 5.74) is 0.484. The number of quaternary nitrogens is 1. The maximum absolute atomic E-state index is 13.9. The number of aromatic nitrogens is 2. The van der Waals surface area contributed by atoms with E-state index in [9.17, 15) is 4.79 Å². The van der Waals surface area contributed by atoms with E-state index in [-0.39, 0.29) is 24.5 Å². The van der Waals surface area contributed by atoms with Gasteiger partial charge in [-0.3, -0.25) is 4.79 Å². The lowest BCUT2D eigenvalue weighted by atomic mass is 9.78. The van der Waals surface area contributed by atoms with Gasteiger partial charge in [0.25, 0.3) is 5.89 Å². The third-order valence-electron chi connectivity index (χ3n) is 8.61. The number of thiophene rings is 1. The number of piperidine rings is 3. The number of fused-ring (bicyclic) bond motifs is 3. The molecule has 3 saturated heterocycles. The number of nitrogens with zero attached hydrogens (tertiary/aromatic N) is 3. The molecule has 36 heavy (non-hydrogen) atoms. The van der Waals surface area contributed by atoms with Gasteiger partial charge in [0.15, 0.2) is 6.10 Å². The maximum atomic E-state index is 13.9. The normalized spacial score (nSPS) is 27.1. The highest BCUT2D eigenvalue weighted by Crippen LogP contribution is 2.44. The summed E-state index contributed by atoms with van der Waals surface area (Å²) < 4.78 is 12.9. The molecule has 1 aliphatic carbocycles. The minimum absolute atomic E-state index is 0. The molecule has 3 aromatic rings. The van der Waals surface area contributed by atoms with Gasteiger partial charge in [0.05, 0.1) is 13.1 Å². The summed E-state index contributed by atoms with van der Waals surface area (Å²) >= 11 is 1.71. The minimum atomic E-state index is -0.459. The summed E-state index contributed by atoms with van der Waals surface area (Å²) in [5.74, 6) is 1.80. The molecule has 5 heterocycles. The molecule has 2 bridgehead atoms. The van der Waals surface area contributed by atoms with Gasteiger partial charge in [-0.25, -0.2) is 0 Å². The molecule has 0 spiro atoms. The first-order chi connectivity index (χ1) is 17.2. The van der Waals surface area contributed by atoms with Gasteiger partial charge in [-0.05, 0) is 36.4 Å². The molecule has 4 aliphatic rings. The molecule has 6 nitrogen and oxygen atoms in total. The summed E-state index contributed by atoms with van der Waals surface area (Å²) in [7, 11) is 0. The number of ether oxygens (including phenoxy) is 1. The van der Waals surface area contributed by atoms with Gasteiger partial charge in [0.1, 0.15) is 18.5 Å². The van der Waals surface area contributed by atoms with Gasteiger partial charge < -0.3 is 26.2 Å². The molecule has 7 rings (SSSR count). The largest absolute Gasteiger partial charge is 1.00 e. The third kappa shape index (κ3) is 4.85. The Morgan fingerprint density at radius 2 is 1.81 bits per heavy atom. The fraction of sp³-hybridized carbons (Fsp3) is 0.536. The molecule has 1 atom stereocenters.